The summed E-state index contributed by atoms with van der Waals surface area (Å²) in [6.07, 6.45) is 2.29. The van der Waals surface area contributed by atoms with Crippen LogP contribution in [0.1, 0.15) is 37.1 Å². The first kappa shape index (κ1) is 13.6. The number of aromatic nitrogens is 2. The van der Waals surface area contributed by atoms with Crippen LogP contribution in [0.2, 0.25) is 0 Å². The van der Waals surface area contributed by atoms with Crippen LogP contribution in [0.25, 0.3) is 0 Å². The van der Waals surface area contributed by atoms with Crippen molar-refractivity contribution >= 4 is 17.5 Å². The number of carbonyl (C=O) groups is 1. The molecule has 6 nitrogen and oxygen atoms in total. The molecular weight excluding hydrogens is 242 g/mol. The first-order valence-corrected chi connectivity index (χ1v) is 6.66. The van der Waals surface area contributed by atoms with Crippen LogP contribution in [0.3, 0.4) is 0 Å². The van der Waals surface area contributed by atoms with Gasteiger partial charge in [-0.15, -0.1) is 0 Å². The molecule has 0 saturated heterocycles. The molecule has 19 heavy (non-hydrogen) atoms. The Labute approximate surface area is 113 Å². The molecule has 2 rings (SSSR count). The van der Waals surface area contributed by atoms with Crippen molar-refractivity contribution in [1.29, 1.82) is 0 Å². The van der Waals surface area contributed by atoms with Crippen LogP contribution in [0, 0.1) is 6.92 Å². The van der Waals surface area contributed by atoms with Crippen molar-refractivity contribution in [3.8, 4) is 0 Å². The lowest BCUT2D eigenvalue weighted by molar-refractivity contribution is -0.116. The number of hydrogen-bond acceptors (Lipinski definition) is 5. The van der Waals surface area contributed by atoms with E-state index in [4.69, 9.17) is 5.73 Å². The van der Waals surface area contributed by atoms with E-state index in [2.05, 4.69) is 15.3 Å². The van der Waals surface area contributed by atoms with E-state index in [9.17, 15) is 4.79 Å². The third-order valence-corrected chi connectivity index (χ3v) is 3.34. The minimum atomic E-state index is -0.348. The zero-order valence-electron chi connectivity index (χ0n) is 11.7. The van der Waals surface area contributed by atoms with Gasteiger partial charge in [-0.1, -0.05) is 0 Å². The van der Waals surface area contributed by atoms with Gasteiger partial charge in [-0.3, -0.25) is 4.79 Å². The number of anilines is 2. The molecule has 1 heterocycles. The fraction of sp³-hybridized carbons (Fsp3) is 0.615. The van der Waals surface area contributed by atoms with E-state index in [-0.39, 0.29) is 12.5 Å². The van der Waals surface area contributed by atoms with Crippen molar-refractivity contribution in [2.75, 3.05) is 30.4 Å². The molecule has 1 aliphatic carbocycles. The van der Waals surface area contributed by atoms with E-state index in [1.807, 2.05) is 25.8 Å². The third kappa shape index (κ3) is 2.94. The Morgan fingerprint density at radius 2 is 2.16 bits per heavy atom. The minimum Gasteiger partial charge on any atom is -0.373 e. The topological polar surface area (TPSA) is 84.1 Å². The number of hydrogen-bond donors (Lipinski definition) is 2. The molecule has 1 saturated carbocycles. The molecule has 1 aromatic heterocycles. The molecule has 1 aliphatic rings. The van der Waals surface area contributed by atoms with Crippen molar-refractivity contribution < 1.29 is 4.79 Å². The van der Waals surface area contributed by atoms with Crippen LogP contribution < -0.4 is 16.0 Å². The summed E-state index contributed by atoms with van der Waals surface area (Å²) in [5.74, 6) is 2.63. The lowest BCUT2D eigenvalue weighted by Crippen LogP contribution is -2.35. The SMILES string of the molecule is CCN(CC(N)=O)c1nc(C2CC2)nc(NC)c1C. The number of nitrogens with two attached hydrogens (primary N) is 1. The van der Waals surface area contributed by atoms with E-state index < -0.39 is 0 Å². The van der Waals surface area contributed by atoms with E-state index in [0.717, 1.165) is 35.9 Å². The maximum Gasteiger partial charge on any atom is 0.236 e. The van der Waals surface area contributed by atoms with Gasteiger partial charge in [0.15, 0.2) is 0 Å². The Hall–Kier alpha value is -1.85. The molecule has 0 spiro atoms. The highest BCUT2D eigenvalue weighted by molar-refractivity contribution is 5.79. The van der Waals surface area contributed by atoms with Crippen LogP contribution >= 0.6 is 0 Å². The number of carbonyl (C=O) groups excluding carboxylic acids is 1. The number of likely N-dealkylation sites (N-methyl/N-ethyl adjacent to an activating group) is 1. The Morgan fingerprint density at radius 3 is 2.63 bits per heavy atom. The summed E-state index contributed by atoms with van der Waals surface area (Å²) in [5, 5.41) is 3.10. The first-order chi connectivity index (χ1) is 9.06. The van der Waals surface area contributed by atoms with Crippen LogP contribution in [0.5, 0.6) is 0 Å². The van der Waals surface area contributed by atoms with Gasteiger partial charge in [0, 0.05) is 25.1 Å². The molecule has 6 heteroatoms. The van der Waals surface area contributed by atoms with Crippen LogP contribution in [-0.2, 0) is 4.79 Å². The van der Waals surface area contributed by atoms with Crippen molar-refractivity contribution in [1.82, 2.24) is 9.97 Å². The number of nitrogens with zero attached hydrogens (tertiary/aromatic N) is 3. The third-order valence-electron chi connectivity index (χ3n) is 3.34. The van der Waals surface area contributed by atoms with Crippen LogP contribution in [0.4, 0.5) is 11.6 Å². The van der Waals surface area contributed by atoms with E-state index in [1.165, 1.54) is 0 Å². The molecular formula is C13H21N5O. The largest absolute Gasteiger partial charge is 0.373 e. The normalized spacial score (nSPS) is 14.3. The second-order valence-corrected chi connectivity index (χ2v) is 4.88. The van der Waals surface area contributed by atoms with Crippen molar-refractivity contribution in [2.24, 2.45) is 5.73 Å². The number of amides is 1. The highest BCUT2D eigenvalue weighted by Crippen LogP contribution is 2.39. The molecule has 1 amide bonds. The Kier molecular flexibility index (Phi) is 3.87. The van der Waals surface area contributed by atoms with Crippen LogP contribution in [-0.4, -0.2) is 36.0 Å². The van der Waals surface area contributed by atoms with Gasteiger partial charge in [-0.2, -0.15) is 0 Å². The van der Waals surface area contributed by atoms with Gasteiger partial charge in [0.1, 0.15) is 17.5 Å². The average Bonchev–Trinajstić information content (AvgIpc) is 3.20. The first-order valence-electron chi connectivity index (χ1n) is 6.66. The van der Waals surface area contributed by atoms with Gasteiger partial charge in [-0.05, 0) is 26.7 Å². The van der Waals surface area contributed by atoms with Gasteiger partial charge in [-0.25, -0.2) is 9.97 Å². The Balaban J connectivity index is 2.40. The molecule has 0 aromatic carbocycles. The standard InChI is InChI=1S/C13H21N5O/c1-4-18(7-10(14)19)13-8(2)11(15-3)16-12(17-13)9-5-6-9/h9H,4-7H2,1-3H3,(H2,14,19)(H,15,16,17). The molecule has 0 unspecified atom stereocenters. The molecule has 0 radical (unpaired) electrons. The lowest BCUT2D eigenvalue weighted by atomic mass is 10.2. The summed E-state index contributed by atoms with van der Waals surface area (Å²) in [5.41, 5.74) is 6.25. The number of rotatable bonds is 6. The second-order valence-electron chi connectivity index (χ2n) is 4.88. The summed E-state index contributed by atoms with van der Waals surface area (Å²) in [6.45, 7) is 4.82. The van der Waals surface area contributed by atoms with Gasteiger partial charge in [0.05, 0.1) is 6.54 Å². The molecule has 1 fully saturated rings. The predicted octanol–water partition coefficient (Wildman–Crippen LogP) is 1.02. The fourth-order valence-electron chi connectivity index (χ4n) is 2.12. The molecule has 104 valence electrons. The van der Waals surface area contributed by atoms with Gasteiger partial charge >= 0.3 is 0 Å². The van der Waals surface area contributed by atoms with E-state index >= 15 is 0 Å². The highest BCUT2D eigenvalue weighted by atomic mass is 16.1. The summed E-state index contributed by atoms with van der Waals surface area (Å²) in [4.78, 5) is 22.2. The summed E-state index contributed by atoms with van der Waals surface area (Å²) in [7, 11) is 1.85. The van der Waals surface area contributed by atoms with Crippen LogP contribution in [0.15, 0.2) is 0 Å². The maximum absolute atomic E-state index is 11.2. The summed E-state index contributed by atoms with van der Waals surface area (Å²) < 4.78 is 0. The van der Waals surface area contributed by atoms with Crippen molar-refractivity contribution in [3.05, 3.63) is 11.4 Å². The Bertz CT molecular complexity index is 484. The smallest absolute Gasteiger partial charge is 0.236 e. The fourth-order valence-corrected chi connectivity index (χ4v) is 2.12. The average molecular weight is 263 g/mol. The quantitative estimate of drug-likeness (QED) is 0.800. The molecule has 0 aliphatic heterocycles. The summed E-state index contributed by atoms with van der Waals surface area (Å²) >= 11 is 0. The van der Waals surface area contributed by atoms with Gasteiger partial charge < -0.3 is 16.0 Å². The Morgan fingerprint density at radius 1 is 1.47 bits per heavy atom. The lowest BCUT2D eigenvalue weighted by Gasteiger charge is -2.23. The van der Waals surface area contributed by atoms with E-state index in [1.54, 1.807) is 0 Å². The molecule has 0 bridgehead atoms. The van der Waals surface area contributed by atoms with E-state index in [0.29, 0.717) is 12.5 Å². The number of nitrogens with one attached hydrogen (secondary N) is 1. The monoisotopic (exact) mass is 263 g/mol. The summed E-state index contributed by atoms with van der Waals surface area (Å²) in [6, 6.07) is 0. The van der Waals surface area contributed by atoms with Crippen molar-refractivity contribution in [2.45, 2.75) is 32.6 Å². The minimum absolute atomic E-state index is 0.182. The highest BCUT2D eigenvalue weighted by Gasteiger charge is 2.29. The predicted molar refractivity (Wildman–Crippen MR) is 75.4 cm³/mol. The van der Waals surface area contributed by atoms with Gasteiger partial charge in [0.2, 0.25) is 5.91 Å². The zero-order chi connectivity index (χ0) is 14.0. The maximum atomic E-state index is 11.2. The molecule has 0 atom stereocenters. The zero-order valence-corrected chi connectivity index (χ0v) is 11.7. The van der Waals surface area contributed by atoms with Gasteiger partial charge in [0.25, 0.3) is 0 Å². The van der Waals surface area contributed by atoms with Crippen molar-refractivity contribution in [3.63, 3.8) is 0 Å². The second kappa shape index (κ2) is 5.42. The number of primary amides is 1. The molecule has 3 N–H and O–H groups in total. The molecule has 1 aromatic rings.